The first kappa shape index (κ1) is 11.8. The second-order valence-electron chi connectivity index (χ2n) is 3.64. The lowest BCUT2D eigenvalue weighted by Gasteiger charge is -2.02. The van der Waals surface area contributed by atoms with Crippen LogP contribution in [0.2, 0.25) is 0 Å². The number of carbonyl (C=O) groups is 1. The third-order valence-corrected chi connectivity index (χ3v) is 2.31. The van der Waals surface area contributed by atoms with Crippen LogP contribution < -0.4 is 5.32 Å². The van der Waals surface area contributed by atoms with Crippen LogP contribution in [0.4, 0.5) is 0 Å². The molecule has 1 heterocycles. The van der Waals surface area contributed by atoms with E-state index in [2.05, 4.69) is 22.2 Å². The van der Waals surface area contributed by atoms with Crippen molar-refractivity contribution >= 4 is 5.91 Å². The van der Waals surface area contributed by atoms with Gasteiger partial charge in [0.25, 0.3) is 5.91 Å². The molecule has 0 fully saturated rings. The standard InChI is InChI=1S/C11H19N3O/c1-2-3-4-5-6-7-13-11(15)10-8-12-9-14-10/h8-9H,2-7H2,1H3,(H,12,14)(H,13,15). The van der Waals surface area contributed by atoms with Crippen molar-refractivity contribution in [3.05, 3.63) is 18.2 Å². The summed E-state index contributed by atoms with van der Waals surface area (Å²) in [5, 5.41) is 2.85. The van der Waals surface area contributed by atoms with Crippen LogP contribution in [-0.4, -0.2) is 22.4 Å². The predicted octanol–water partition coefficient (Wildman–Crippen LogP) is 2.11. The lowest BCUT2D eigenvalue weighted by atomic mass is 10.1. The van der Waals surface area contributed by atoms with Gasteiger partial charge in [-0.2, -0.15) is 0 Å². The van der Waals surface area contributed by atoms with Crippen LogP contribution in [0, 0.1) is 0 Å². The van der Waals surface area contributed by atoms with Crippen molar-refractivity contribution in [2.75, 3.05) is 6.54 Å². The van der Waals surface area contributed by atoms with Gasteiger partial charge in [-0.1, -0.05) is 32.6 Å². The highest BCUT2D eigenvalue weighted by molar-refractivity contribution is 5.91. The molecule has 0 spiro atoms. The first-order valence-corrected chi connectivity index (χ1v) is 5.61. The summed E-state index contributed by atoms with van der Waals surface area (Å²) in [7, 11) is 0. The summed E-state index contributed by atoms with van der Waals surface area (Å²) < 4.78 is 0. The maximum absolute atomic E-state index is 11.4. The van der Waals surface area contributed by atoms with Crippen LogP contribution >= 0.6 is 0 Å². The lowest BCUT2D eigenvalue weighted by molar-refractivity contribution is 0.0948. The molecular formula is C11H19N3O. The van der Waals surface area contributed by atoms with Crippen molar-refractivity contribution < 1.29 is 4.79 Å². The van der Waals surface area contributed by atoms with Gasteiger partial charge in [-0.25, -0.2) is 4.98 Å². The van der Waals surface area contributed by atoms with Crippen LogP contribution in [-0.2, 0) is 0 Å². The van der Waals surface area contributed by atoms with Crippen molar-refractivity contribution in [1.82, 2.24) is 15.3 Å². The van der Waals surface area contributed by atoms with E-state index in [4.69, 9.17) is 0 Å². The third kappa shape index (κ3) is 4.63. The molecular weight excluding hydrogens is 190 g/mol. The summed E-state index contributed by atoms with van der Waals surface area (Å²) >= 11 is 0. The van der Waals surface area contributed by atoms with E-state index in [0.29, 0.717) is 5.69 Å². The van der Waals surface area contributed by atoms with Gasteiger partial charge >= 0.3 is 0 Å². The molecule has 84 valence electrons. The molecule has 0 unspecified atom stereocenters. The first-order chi connectivity index (χ1) is 7.34. The maximum atomic E-state index is 11.4. The predicted molar refractivity (Wildman–Crippen MR) is 59.7 cm³/mol. The van der Waals surface area contributed by atoms with E-state index < -0.39 is 0 Å². The van der Waals surface area contributed by atoms with Gasteiger partial charge in [-0.3, -0.25) is 4.79 Å². The van der Waals surface area contributed by atoms with Crippen LogP contribution in [0.5, 0.6) is 0 Å². The fraction of sp³-hybridized carbons (Fsp3) is 0.636. The molecule has 0 radical (unpaired) electrons. The van der Waals surface area contributed by atoms with E-state index in [1.807, 2.05) is 0 Å². The summed E-state index contributed by atoms with van der Waals surface area (Å²) in [6.45, 7) is 2.95. The van der Waals surface area contributed by atoms with Gasteiger partial charge in [0.05, 0.1) is 12.5 Å². The number of aromatic amines is 1. The normalized spacial score (nSPS) is 10.2. The fourth-order valence-corrected chi connectivity index (χ4v) is 1.41. The van der Waals surface area contributed by atoms with Crippen LogP contribution in [0.15, 0.2) is 12.5 Å². The Morgan fingerprint density at radius 2 is 2.20 bits per heavy atom. The van der Waals surface area contributed by atoms with Gasteiger partial charge in [0, 0.05) is 6.54 Å². The van der Waals surface area contributed by atoms with Crippen LogP contribution in [0.1, 0.15) is 49.5 Å². The lowest BCUT2D eigenvalue weighted by Crippen LogP contribution is -2.24. The number of unbranched alkanes of at least 4 members (excludes halogenated alkanes) is 4. The summed E-state index contributed by atoms with van der Waals surface area (Å²) in [4.78, 5) is 18.0. The van der Waals surface area contributed by atoms with E-state index >= 15 is 0 Å². The number of rotatable bonds is 7. The Hall–Kier alpha value is -1.32. The molecule has 0 aliphatic heterocycles. The quantitative estimate of drug-likeness (QED) is 0.676. The zero-order chi connectivity index (χ0) is 10.9. The molecule has 0 aliphatic rings. The highest BCUT2D eigenvalue weighted by atomic mass is 16.1. The number of imidazole rings is 1. The number of hydrogen-bond donors (Lipinski definition) is 2. The van der Waals surface area contributed by atoms with Crippen LogP contribution in [0.3, 0.4) is 0 Å². The third-order valence-electron chi connectivity index (χ3n) is 2.31. The number of nitrogens with one attached hydrogen (secondary N) is 2. The van der Waals surface area contributed by atoms with Gasteiger partial charge in [0.15, 0.2) is 0 Å². The molecule has 0 aliphatic carbocycles. The van der Waals surface area contributed by atoms with Crippen molar-refractivity contribution in [3.8, 4) is 0 Å². The highest BCUT2D eigenvalue weighted by Crippen LogP contribution is 2.01. The molecule has 1 amide bonds. The van der Waals surface area contributed by atoms with Crippen molar-refractivity contribution in [3.63, 3.8) is 0 Å². The molecule has 1 rings (SSSR count). The molecule has 15 heavy (non-hydrogen) atoms. The van der Waals surface area contributed by atoms with Crippen molar-refractivity contribution in [2.45, 2.75) is 39.0 Å². The Balaban J connectivity index is 2.03. The minimum atomic E-state index is -0.0667. The van der Waals surface area contributed by atoms with Gasteiger partial charge in [-0.15, -0.1) is 0 Å². The average Bonchev–Trinajstić information content (AvgIpc) is 2.76. The van der Waals surface area contributed by atoms with E-state index in [1.54, 1.807) is 0 Å². The highest BCUT2D eigenvalue weighted by Gasteiger charge is 2.04. The topological polar surface area (TPSA) is 57.8 Å². The van der Waals surface area contributed by atoms with Crippen molar-refractivity contribution in [2.24, 2.45) is 0 Å². The monoisotopic (exact) mass is 209 g/mol. The Kier molecular flexibility index (Phi) is 5.51. The van der Waals surface area contributed by atoms with Gasteiger partial charge in [0.2, 0.25) is 0 Å². The summed E-state index contributed by atoms with van der Waals surface area (Å²) in [6.07, 6.45) is 9.09. The van der Waals surface area contributed by atoms with E-state index in [1.165, 1.54) is 38.2 Å². The minimum absolute atomic E-state index is 0.0667. The largest absolute Gasteiger partial charge is 0.351 e. The van der Waals surface area contributed by atoms with Gasteiger partial charge < -0.3 is 10.3 Å². The number of nitrogens with zero attached hydrogens (tertiary/aromatic N) is 1. The SMILES string of the molecule is CCCCCCCNC(=O)c1cnc[nH]1. The van der Waals surface area contributed by atoms with Gasteiger partial charge in [-0.05, 0) is 6.42 Å². The fourth-order valence-electron chi connectivity index (χ4n) is 1.41. The number of hydrogen-bond acceptors (Lipinski definition) is 2. The first-order valence-electron chi connectivity index (χ1n) is 5.61. The van der Waals surface area contributed by atoms with Crippen LogP contribution in [0.25, 0.3) is 0 Å². The molecule has 4 heteroatoms. The molecule has 0 saturated carbocycles. The number of amides is 1. The maximum Gasteiger partial charge on any atom is 0.269 e. The Morgan fingerprint density at radius 3 is 2.87 bits per heavy atom. The molecule has 0 aromatic carbocycles. The molecule has 1 aromatic rings. The molecule has 4 nitrogen and oxygen atoms in total. The number of carbonyl (C=O) groups excluding carboxylic acids is 1. The van der Waals surface area contributed by atoms with Crippen molar-refractivity contribution in [1.29, 1.82) is 0 Å². The second-order valence-corrected chi connectivity index (χ2v) is 3.64. The Bertz CT molecular complexity index is 269. The summed E-state index contributed by atoms with van der Waals surface area (Å²) in [5.74, 6) is -0.0667. The summed E-state index contributed by atoms with van der Waals surface area (Å²) in [5.41, 5.74) is 0.531. The van der Waals surface area contributed by atoms with E-state index in [9.17, 15) is 4.79 Å². The molecule has 0 saturated heterocycles. The second kappa shape index (κ2) is 7.04. The molecule has 1 aromatic heterocycles. The minimum Gasteiger partial charge on any atom is -0.351 e. The molecule has 2 N–H and O–H groups in total. The Labute approximate surface area is 90.5 Å². The smallest absolute Gasteiger partial charge is 0.269 e. The van der Waals surface area contributed by atoms with E-state index in [-0.39, 0.29) is 5.91 Å². The number of aromatic nitrogens is 2. The zero-order valence-electron chi connectivity index (χ0n) is 9.25. The number of H-pyrrole nitrogens is 1. The zero-order valence-corrected chi connectivity index (χ0v) is 9.25. The molecule has 0 bridgehead atoms. The average molecular weight is 209 g/mol. The Morgan fingerprint density at radius 1 is 1.40 bits per heavy atom. The molecule has 0 atom stereocenters. The summed E-state index contributed by atoms with van der Waals surface area (Å²) in [6, 6.07) is 0. The van der Waals surface area contributed by atoms with Gasteiger partial charge in [0.1, 0.15) is 5.69 Å². The van der Waals surface area contributed by atoms with E-state index in [0.717, 1.165) is 13.0 Å².